The zero-order valence-corrected chi connectivity index (χ0v) is 6.00. The van der Waals surface area contributed by atoms with Crippen molar-refractivity contribution < 1.29 is 9.94 Å². The standard InChI is InChI=1S/C6H12N2O2/c1-6(5(7)8-9)3-2-4-10-6/h9H,2-4H2,1H3,(H2,7,8). The Kier molecular flexibility index (Phi) is 1.80. The van der Waals surface area contributed by atoms with Crippen LogP contribution < -0.4 is 5.73 Å². The van der Waals surface area contributed by atoms with Gasteiger partial charge in [-0.2, -0.15) is 0 Å². The predicted molar refractivity (Wildman–Crippen MR) is 37.0 cm³/mol. The minimum absolute atomic E-state index is 0.171. The SMILES string of the molecule is CC1(/C(N)=N/O)CCCO1. The molecule has 58 valence electrons. The van der Waals surface area contributed by atoms with E-state index in [1.807, 2.05) is 6.92 Å². The number of ether oxygens (including phenoxy) is 1. The zero-order valence-electron chi connectivity index (χ0n) is 6.00. The second kappa shape index (κ2) is 2.46. The number of oxime groups is 1. The molecular weight excluding hydrogens is 132 g/mol. The smallest absolute Gasteiger partial charge is 0.171 e. The van der Waals surface area contributed by atoms with Crippen LogP contribution in [-0.2, 0) is 4.74 Å². The van der Waals surface area contributed by atoms with E-state index in [1.165, 1.54) is 0 Å². The summed E-state index contributed by atoms with van der Waals surface area (Å²) in [5, 5.41) is 11.3. The first-order valence-electron chi connectivity index (χ1n) is 3.31. The lowest BCUT2D eigenvalue weighted by Crippen LogP contribution is -2.40. The molecule has 0 saturated carbocycles. The van der Waals surface area contributed by atoms with E-state index in [0.717, 1.165) is 12.8 Å². The van der Waals surface area contributed by atoms with Crippen molar-refractivity contribution >= 4 is 5.84 Å². The van der Waals surface area contributed by atoms with Crippen LogP contribution in [0.2, 0.25) is 0 Å². The summed E-state index contributed by atoms with van der Waals surface area (Å²) in [7, 11) is 0. The van der Waals surface area contributed by atoms with Gasteiger partial charge in [0.25, 0.3) is 0 Å². The van der Waals surface area contributed by atoms with Crippen LogP contribution in [0, 0.1) is 0 Å². The quantitative estimate of drug-likeness (QED) is 0.241. The van der Waals surface area contributed by atoms with Crippen molar-refractivity contribution in [1.29, 1.82) is 0 Å². The highest BCUT2D eigenvalue weighted by molar-refractivity contribution is 5.88. The highest BCUT2D eigenvalue weighted by atomic mass is 16.5. The molecule has 1 atom stereocenters. The first-order chi connectivity index (χ1) is 4.69. The molecule has 1 fully saturated rings. The van der Waals surface area contributed by atoms with E-state index in [1.54, 1.807) is 0 Å². The summed E-state index contributed by atoms with van der Waals surface area (Å²) in [6, 6.07) is 0. The van der Waals surface area contributed by atoms with Gasteiger partial charge >= 0.3 is 0 Å². The number of hydrogen-bond acceptors (Lipinski definition) is 3. The molecule has 4 heteroatoms. The maximum Gasteiger partial charge on any atom is 0.171 e. The molecule has 0 amide bonds. The molecule has 0 aromatic carbocycles. The molecule has 10 heavy (non-hydrogen) atoms. The summed E-state index contributed by atoms with van der Waals surface area (Å²) >= 11 is 0. The van der Waals surface area contributed by atoms with E-state index in [2.05, 4.69) is 5.16 Å². The maximum atomic E-state index is 8.34. The Hall–Kier alpha value is -0.770. The number of rotatable bonds is 1. The fraction of sp³-hybridized carbons (Fsp3) is 0.833. The molecule has 3 N–H and O–H groups in total. The summed E-state index contributed by atoms with van der Waals surface area (Å²) in [4.78, 5) is 0. The van der Waals surface area contributed by atoms with Crippen LogP contribution in [-0.4, -0.2) is 23.3 Å². The molecule has 0 aliphatic carbocycles. The molecule has 1 saturated heterocycles. The third kappa shape index (κ3) is 1.07. The largest absolute Gasteiger partial charge is 0.409 e. The van der Waals surface area contributed by atoms with Crippen LogP contribution in [0.5, 0.6) is 0 Å². The Morgan fingerprint density at radius 2 is 2.50 bits per heavy atom. The number of nitrogens with two attached hydrogens (primary N) is 1. The molecular formula is C6H12N2O2. The Balaban J connectivity index is 2.67. The molecule has 1 unspecified atom stereocenters. The maximum absolute atomic E-state index is 8.34. The van der Waals surface area contributed by atoms with E-state index in [4.69, 9.17) is 15.7 Å². The highest BCUT2D eigenvalue weighted by Gasteiger charge is 2.34. The van der Waals surface area contributed by atoms with E-state index in [9.17, 15) is 0 Å². The van der Waals surface area contributed by atoms with Gasteiger partial charge in [0.2, 0.25) is 0 Å². The summed E-state index contributed by atoms with van der Waals surface area (Å²) < 4.78 is 5.28. The Morgan fingerprint density at radius 3 is 2.90 bits per heavy atom. The molecule has 0 radical (unpaired) electrons. The first-order valence-corrected chi connectivity index (χ1v) is 3.31. The third-order valence-electron chi connectivity index (χ3n) is 1.87. The Morgan fingerprint density at radius 1 is 1.80 bits per heavy atom. The summed E-state index contributed by atoms with van der Waals surface area (Å²) in [5.74, 6) is 0.171. The average Bonchev–Trinajstić information content (AvgIpc) is 2.36. The Labute approximate surface area is 59.7 Å². The van der Waals surface area contributed by atoms with Gasteiger partial charge in [0.1, 0.15) is 5.60 Å². The van der Waals surface area contributed by atoms with Crippen LogP contribution in [0.3, 0.4) is 0 Å². The van der Waals surface area contributed by atoms with Crippen LogP contribution >= 0.6 is 0 Å². The lowest BCUT2D eigenvalue weighted by Gasteiger charge is -2.20. The molecule has 0 aromatic rings. The topological polar surface area (TPSA) is 67.8 Å². The molecule has 0 bridgehead atoms. The highest BCUT2D eigenvalue weighted by Crippen LogP contribution is 2.24. The van der Waals surface area contributed by atoms with Crippen molar-refractivity contribution in [2.75, 3.05) is 6.61 Å². The van der Waals surface area contributed by atoms with Gasteiger partial charge in [-0.25, -0.2) is 0 Å². The molecule has 0 spiro atoms. The minimum Gasteiger partial charge on any atom is -0.409 e. The van der Waals surface area contributed by atoms with Gasteiger partial charge in [-0.3, -0.25) is 0 Å². The molecule has 1 heterocycles. The van der Waals surface area contributed by atoms with Gasteiger partial charge in [0.15, 0.2) is 5.84 Å². The molecule has 4 nitrogen and oxygen atoms in total. The lowest BCUT2D eigenvalue weighted by molar-refractivity contribution is 0.0735. The summed E-state index contributed by atoms with van der Waals surface area (Å²) in [6.07, 6.45) is 1.82. The minimum atomic E-state index is -0.519. The van der Waals surface area contributed by atoms with E-state index < -0.39 is 5.60 Å². The predicted octanol–water partition coefficient (Wildman–Crippen LogP) is 0.302. The van der Waals surface area contributed by atoms with Crippen molar-refractivity contribution in [3.8, 4) is 0 Å². The average molecular weight is 144 g/mol. The van der Waals surface area contributed by atoms with Gasteiger partial charge in [-0.05, 0) is 19.8 Å². The second-order valence-electron chi connectivity index (χ2n) is 2.67. The van der Waals surface area contributed by atoms with Crippen molar-refractivity contribution in [3.63, 3.8) is 0 Å². The van der Waals surface area contributed by atoms with Gasteiger partial charge in [0, 0.05) is 6.61 Å². The van der Waals surface area contributed by atoms with Crippen molar-refractivity contribution in [2.24, 2.45) is 10.9 Å². The molecule has 1 rings (SSSR count). The van der Waals surface area contributed by atoms with Crippen LogP contribution in [0.25, 0.3) is 0 Å². The molecule has 0 aromatic heterocycles. The number of amidine groups is 1. The normalized spacial score (nSPS) is 34.7. The number of hydrogen-bond donors (Lipinski definition) is 2. The van der Waals surface area contributed by atoms with E-state index >= 15 is 0 Å². The summed E-state index contributed by atoms with van der Waals surface area (Å²) in [5.41, 5.74) is 4.87. The van der Waals surface area contributed by atoms with Gasteiger partial charge in [-0.15, -0.1) is 0 Å². The monoisotopic (exact) mass is 144 g/mol. The fourth-order valence-corrected chi connectivity index (χ4v) is 1.09. The van der Waals surface area contributed by atoms with Crippen LogP contribution in [0.4, 0.5) is 0 Å². The summed E-state index contributed by atoms with van der Waals surface area (Å²) in [6.45, 7) is 2.53. The van der Waals surface area contributed by atoms with E-state index in [-0.39, 0.29) is 5.84 Å². The Bertz CT molecular complexity index is 150. The van der Waals surface area contributed by atoms with Crippen LogP contribution in [0.1, 0.15) is 19.8 Å². The van der Waals surface area contributed by atoms with Gasteiger partial charge < -0.3 is 15.7 Å². The number of nitrogens with zero attached hydrogens (tertiary/aromatic N) is 1. The first kappa shape index (κ1) is 7.34. The van der Waals surface area contributed by atoms with Crippen LogP contribution in [0.15, 0.2) is 5.16 Å². The third-order valence-corrected chi connectivity index (χ3v) is 1.87. The van der Waals surface area contributed by atoms with Gasteiger partial charge in [0.05, 0.1) is 0 Å². The van der Waals surface area contributed by atoms with Gasteiger partial charge in [-0.1, -0.05) is 5.16 Å². The lowest BCUT2D eigenvalue weighted by atomic mass is 10.0. The van der Waals surface area contributed by atoms with Crippen molar-refractivity contribution in [3.05, 3.63) is 0 Å². The van der Waals surface area contributed by atoms with Crippen molar-refractivity contribution in [1.82, 2.24) is 0 Å². The zero-order chi connectivity index (χ0) is 7.61. The van der Waals surface area contributed by atoms with Crippen molar-refractivity contribution in [2.45, 2.75) is 25.4 Å². The molecule has 1 aliphatic heterocycles. The second-order valence-corrected chi connectivity index (χ2v) is 2.67. The fourth-order valence-electron chi connectivity index (χ4n) is 1.09. The molecule has 1 aliphatic rings. The van der Waals surface area contributed by atoms with E-state index in [0.29, 0.717) is 6.61 Å².